The molecule has 0 spiro atoms. The van der Waals surface area contributed by atoms with E-state index in [1.165, 1.54) is 6.07 Å². The Morgan fingerprint density at radius 2 is 1.50 bits per heavy atom. The maximum absolute atomic E-state index is 11.9. The van der Waals surface area contributed by atoms with Crippen molar-refractivity contribution in [2.24, 2.45) is 0 Å². The Hall–Kier alpha value is -2.62. The number of benzene rings is 2. The number of nitrogens with one attached hydrogen (secondary N) is 2. The first kappa shape index (κ1) is 11.9. The smallest absolute Gasteiger partial charge is 0.271 e. The molecule has 0 aromatic heterocycles. The van der Waals surface area contributed by atoms with Crippen molar-refractivity contribution in [2.45, 2.75) is 0 Å². The van der Waals surface area contributed by atoms with Crippen molar-refractivity contribution in [2.75, 3.05) is 5.32 Å². The van der Waals surface area contributed by atoms with E-state index in [1.54, 1.807) is 42.5 Å². The Bertz CT molecular complexity index is 579. The molecule has 0 bridgehead atoms. The molecule has 2 N–H and O–H groups in total. The topological polar surface area (TPSA) is 70.0 Å². The number of carbonyl (C=O) groups excluding carboxylic acids is 2. The zero-order chi connectivity index (χ0) is 13.0. The van der Waals surface area contributed by atoms with Gasteiger partial charge in [0.05, 0.1) is 11.3 Å². The lowest BCUT2D eigenvalue weighted by Crippen LogP contribution is -2.14. The molecule has 2 aromatic carbocycles. The van der Waals surface area contributed by atoms with Gasteiger partial charge in [0, 0.05) is 5.56 Å². The fraction of sp³-hybridized carbons (Fsp3) is 0. The lowest BCUT2D eigenvalue weighted by atomic mass is 10.1. The van der Waals surface area contributed by atoms with Gasteiger partial charge < -0.3 is 5.32 Å². The minimum absolute atomic E-state index is 0.182. The second-order valence-corrected chi connectivity index (χ2v) is 3.69. The van der Waals surface area contributed by atoms with Crippen LogP contribution in [0.5, 0.6) is 0 Å². The highest BCUT2D eigenvalue weighted by Gasteiger charge is 2.11. The molecule has 0 fully saturated rings. The molecular weight excluding hydrogens is 228 g/mol. The summed E-state index contributed by atoms with van der Waals surface area (Å²) >= 11 is 0. The zero-order valence-corrected chi connectivity index (χ0v) is 9.51. The molecule has 0 aliphatic rings. The zero-order valence-electron chi connectivity index (χ0n) is 9.51. The summed E-state index contributed by atoms with van der Waals surface area (Å²) < 4.78 is 0. The summed E-state index contributed by atoms with van der Waals surface area (Å²) in [6, 6.07) is 15.2. The number of carbonyl (C=O) groups is 2. The van der Waals surface area contributed by atoms with Gasteiger partial charge >= 0.3 is 0 Å². The second kappa shape index (κ2) is 5.14. The number of amides is 2. The van der Waals surface area contributed by atoms with Crippen molar-refractivity contribution < 1.29 is 9.59 Å². The van der Waals surface area contributed by atoms with Crippen molar-refractivity contribution in [3.8, 4) is 0 Å². The minimum atomic E-state index is -0.820. The van der Waals surface area contributed by atoms with Crippen molar-refractivity contribution >= 4 is 17.5 Å². The molecule has 4 heteroatoms. The van der Waals surface area contributed by atoms with E-state index in [1.807, 2.05) is 6.07 Å². The van der Waals surface area contributed by atoms with Gasteiger partial charge in [-0.2, -0.15) is 0 Å². The summed E-state index contributed by atoms with van der Waals surface area (Å²) in [5.74, 6) is -1.12. The summed E-state index contributed by atoms with van der Waals surface area (Å²) in [4.78, 5) is 23.0. The molecule has 0 heterocycles. The van der Waals surface area contributed by atoms with Gasteiger partial charge in [0.25, 0.3) is 11.8 Å². The van der Waals surface area contributed by atoms with E-state index in [4.69, 9.17) is 5.73 Å². The first-order valence-corrected chi connectivity index (χ1v) is 5.40. The summed E-state index contributed by atoms with van der Waals surface area (Å²) in [7, 11) is 0. The van der Waals surface area contributed by atoms with Crippen molar-refractivity contribution in [1.29, 1.82) is 0 Å². The van der Waals surface area contributed by atoms with Crippen LogP contribution in [-0.2, 0) is 0 Å². The predicted molar refractivity (Wildman–Crippen MR) is 68.3 cm³/mol. The SMILES string of the molecule is [NH]C(=O)c1ccccc1NC(=O)c1ccccc1. The first-order valence-electron chi connectivity index (χ1n) is 5.40. The highest BCUT2D eigenvalue weighted by Crippen LogP contribution is 2.15. The maximum Gasteiger partial charge on any atom is 0.271 e. The van der Waals surface area contributed by atoms with E-state index >= 15 is 0 Å². The molecule has 2 rings (SSSR count). The Labute approximate surface area is 104 Å². The van der Waals surface area contributed by atoms with Crippen LogP contribution in [0, 0.1) is 0 Å². The Morgan fingerprint density at radius 3 is 2.17 bits per heavy atom. The van der Waals surface area contributed by atoms with Gasteiger partial charge in [0.15, 0.2) is 0 Å². The van der Waals surface area contributed by atoms with Crippen LogP contribution in [0.25, 0.3) is 0 Å². The second-order valence-electron chi connectivity index (χ2n) is 3.69. The van der Waals surface area contributed by atoms with E-state index in [0.29, 0.717) is 11.3 Å². The van der Waals surface area contributed by atoms with Gasteiger partial charge in [-0.1, -0.05) is 30.3 Å². The third-order valence-electron chi connectivity index (χ3n) is 2.46. The van der Waals surface area contributed by atoms with E-state index in [9.17, 15) is 9.59 Å². The van der Waals surface area contributed by atoms with E-state index in [2.05, 4.69) is 5.32 Å². The fourth-order valence-corrected chi connectivity index (χ4v) is 1.57. The molecule has 2 aromatic rings. The number of hydrogen-bond acceptors (Lipinski definition) is 2. The molecule has 2 amide bonds. The molecule has 0 aliphatic carbocycles. The molecule has 0 unspecified atom stereocenters. The van der Waals surface area contributed by atoms with Crippen LogP contribution < -0.4 is 11.1 Å². The van der Waals surface area contributed by atoms with Crippen molar-refractivity contribution in [3.63, 3.8) is 0 Å². The van der Waals surface area contributed by atoms with Crippen LogP contribution in [0.15, 0.2) is 54.6 Å². The number of anilines is 1. The summed E-state index contributed by atoms with van der Waals surface area (Å²) in [6.45, 7) is 0. The van der Waals surface area contributed by atoms with Gasteiger partial charge in [0.1, 0.15) is 0 Å². The van der Waals surface area contributed by atoms with Crippen LogP contribution in [0.1, 0.15) is 20.7 Å². The van der Waals surface area contributed by atoms with E-state index in [0.717, 1.165) is 0 Å². The molecular formula is C14H11N2O2. The molecule has 0 aliphatic heterocycles. The normalized spacial score (nSPS) is 9.78. The number of hydrogen-bond donors (Lipinski definition) is 1. The van der Waals surface area contributed by atoms with Crippen LogP contribution in [0.2, 0.25) is 0 Å². The maximum atomic E-state index is 11.9. The minimum Gasteiger partial charge on any atom is -0.321 e. The molecule has 18 heavy (non-hydrogen) atoms. The lowest BCUT2D eigenvalue weighted by molar-refractivity contribution is 0.0993. The third kappa shape index (κ3) is 2.55. The van der Waals surface area contributed by atoms with E-state index < -0.39 is 5.91 Å². The summed E-state index contributed by atoms with van der Waals surface area (Å²) in [5.41, 5.74) is 8.16. The van der Waals surface area contributed by atoms with Crippen LogP contribution in [0.4, 0.5) is 5.69 Å². The molecule has 0 saturated carbocycles. The average Bonchev–Trinajstić information content (AvgIpc) is 2.40. The van der Waals surface area contributed by atoms with Gasteiger partial charge in [0.2, 0.25) is 0 Å². The average molecular weight is 239 g/mol. The highest BCUT2D eigenvalue weighted by molar-refractivity contribution is 6.08. The van der Waals surface area contributed by atoms with Crippen LogP contribution in [-0.4, -0.2) is 11.8 Å². The lowest BCUT2D eigenvalue weighted by Gasteiger charge is -2.08. The largest absolute Gasteiger partial charge is 0.321 e. The van der Waals surface area contributed by atoms with Gasteiger partial charge in [-0.25, -0.2) is 0 Å². The molecule has 89 valence electrons. The predicted octanol–water partition coefficient (Wildman–Crippen LogP) is 2.36. The third-order valence-corrected chi connectivity index (χ3v) is 2.46. The monoisotopic (exact) mass is 239 g/mol. The van der Waals surface area contributed by atoms with Crippen molar-refractivity contribution in [1.82, 2.24) is 5.73 Å². The molecule has 1 radical (unpaired) electrons. The Morgan fingerprint density at radius 1 is 0.889 bits per heavy atom. The Kier molecular flexibility index (Phi) is 3.38. The Balaban J connectivity index is 2.25. The number of rotatable bonds is 3. The van der Waals surface area contributed by atoms with Gasteiger partial charge in [-0.3, -0.25) is 15.3 Å². The molecule has 0 atom stereocenters. The molecule has 0 saturated heterocycles. The summed E-state index contributed by atoms with van der Waals surface area (Å²) in [5, 5.41) is 2.63. The summed E-state index contributed by atoms with van der Waals surface area (Å²) in [6.07, 6.45) is 0. The highest BCUT2D eigenvalue weighted by atomic mass is 16.2. The quantitative estimate of drug-likeness (QED) is 0.893. The van der Waals surface area contributed by atoms with Gasteiger partial charge in [-0.05, 0) is 24.3 Å². The molecule has 4 nitrogen and oxygen atoms in total. The van der Waals surface area contributed by atoms with Gasteiger partial charge in [-0.15, -0.1) is 0 Å². The first-order chi connectivity index (χ1) is 8.68. The standard InChI is InChI=1S/C14H11N2O2/c15-13(17)11-8-4-5-9-12(11)16-14(18)10-6-2-1-3-7-10/h1-9,15H,(H,16,18). The van der Waals surface area contributed by atoms with Crippen LogP contribution >= 0.6 is 0 Å². The van der Waals surface area contributed by atoms with E-state index in [-0.39, 0.29) is 11.5 Å². The fourth-order valence-electron chi connectivity index (χ4n) is 1.57. The van der Waals surface area contributed by atoms with Crippen molar-refractivity contribution in [3.05, 3.63) is 65.7 Å². The number of para-hydroxylation sites is 1. The van der Waals surface area contributed by atoms with Crippen LogP contribution in [0.3, 0.4) is 0 Å².